The van der Waals surface area contributed by atoms with Gasteiger partial charge in [0.1, 0.15) is 6.33 Å². The van der Waals surface area contributed by atoms with E-state index in [9.17, 15) is 14.9 Å². The highest BCUT2D eigenvalue weighted by Crippen LogP contribution is 2.31. The lowest BCUT2D eigenvalue weighted by molar-refractivity contribution is -0.482. The van der Waals surface area contributed by atoms with Crippen LogP contribution in [0, 0.1) is 24.0 Å². The normalized spacial score (nSPS) is 12.3. The summed E-state index contributed by atoms with van der Waals surface area (Å²) in [6, 6.07) is 7.58. The molecule has 2 N–H and O–H groups in total. The summed E-state index contributed by atoms with van der Waals surface area (Å²) in [5.41, 5.74) is 2.67. The molecule has 2 aromatic heterocycles. The molecule has 25 heavy (non-hydrogen) atoms. The van der Waals surface area contributed by atoms with Gasteiger partial charge in [0.25, 0.3) is 5.56 Å². The standard InChI is InChI=1S/C16H16ClN5O3/c1-9-3-5-11(6-4-9)21-8-18-15(17)14(21)12(7-22(24)25)13-10(2)19-20-16(13)23/h3-6,8,12H,7H2,1-2H3,(H2,19,20,23). The number of H-pyrrole nitrogens is 2. The van der Waals surface area contributed by atoms with Gasteiger partial charge in [-0.15, -0.1) is 0 Å². The smallest absolute Gasteiger partial charge is 0.268 e. The van der Waals surface area contributed by atoms with E-state index in [1.807, 2.05) is 31.2 Å². The van der Waals surface area contributed by atoms with Gasteiger partial charge in [-0.05, 0) is 26.0 Å². The molecule has 0 bridgehead atoms. The molecule has 130 valence electrons. The number of aromatic nitrogens is 4. The Kier molecular flexibility index (Phi) is 4.45. The Hall–Kier alpha value is -2.87. The van der Waals surface area contributed by atoms with Crippen LogP contribution in [0.5, 0.6) is 0 Å². The summed E-state index contributed by atoms with van der Waals surface area (Å²) in [7, 11) is 0. The lowest BCUT2D eigenvalue weighted by Crippen LogP contribution is -2.22. The number of nitrogens with one attached hydrogen (secondary N) is 2. The van der Waals surface area contributed by atoms with Gasteiger partial charge in [-0.3, -0.25) is 20.0 Å². The van der Waals surface area contributed by atoms with E-state index in [4.69, 9.17) is 11.6 Å². The van der Waals surface area contributed by atoms with Crippen molar-refractivity contribution in [1.29, 1.82) is 0 Å². The van der Waals surface area contributed by atoms with E-state index >= 15 is 0 Å². The Balaban J connectivity index is 2.20. The highest BCUT2D eigenvalue weighted by atomic mass is 35.5. The van der Waals surface area contributed by atoms with Crippen LogP contribution in [0.25, 0.3) is 5.69 Å². The number of rotatable bonds is 5. The maximum absolute atomic E-state index is 12.2. The average Bonchev–Trinajstić information content (AvgIpc) is 3.09. The monoisotopic (exact) mass is 361 g/mol. The van der Waals surface area contributed by atoms with Crippen molar-refractivity contribution >= 4 is 11.6 Å². The second-order valence-corrected chi connectivity index (χ2v) is 6.17. The van der Waals surface area contributed by atoms with Gasteiger partial charge in [-0.2, -0.15) is 0 Å². The largest absolute Gasteiger partial charge is 0.302 e. The molecule has 0 fully saturated rings. The minimum atomic E-state index is -0.832. The summed E-state index contributed by atoms with van der Waals surface area (Å²) in [6.45, 7) is 3.17. The lowest BCUT2D eigenvalue weighted by Gasteiger charge is -2.16. The minimum Gasteiger partial charge on any atom is -0.302 e. The maximum Gasteiger partial charge on any atom is 0.268 e. The third kappa shape index (κ3) is 3.20. The van der Waals surface area contributed by atoms with Crippen LogP contribution < -0.4 is 5.56 Å². The molecule has 3 aromatic rings. The van der Waals surface area contributed by atoms with Crippen molar-refractivity contribution in [2.24, 2.45) is 0 Å². The number of nitrogens with zero attached hydrogens (tertiary/aromatic N) is 3. The number of aromatic amines is 2. The van der Waals surface area contributed by atoms with Crippen LogP contribution in [0.15, 0.2) is 35.4 Å². The lowest BCUT2D eigenvalue weighted by atomic mass is 9.96. The summed E-state index contributed by atoms with van der Waals surface area (Å²) in [6.07, 6.45) is 1.51. The summed E-state index contributed by atoms with van der Waals surface area (Å²) < 4.78 is 1.68. The van der Waals surface area contributed by atoms with Crippen LogP contribution in [-0.2, 0) is 0 Å². The Morgan fingerprint density at radius 2 is 1.96 bits per heavy atom. The number of nitro groups is 1. The van der Waals surface area contributed by atoms with Crippen LogP contribution >= 0.6 is 11.6 Å². The first-order valence-electron chi connectivity index (χ1n) is 7.57. The average molecular weight is 362 g/mol. The SMILES string of the molecule is Cc1ccc(-n2cnc(Cl)c2C(C[N+](=O)[O-])c2c(C)[nH][nH]c2=O)cc1. The van der Waals surface area contributed by atoms with E-state index < -0.39 is 22.9 Å². The van der Waals surface area contributed by atoms with Crippen molar-refractivity contribution in [3.05, 3.63) is 78.7 Å². The number of hydrogen-bond acceptors (Lipinski definition) is 4. The Labute approximate surface area is 147 Å². The third-order valence-corrected chi connectivity index (χ3v) is 4.38. The molecule has 2 heterocycles. The van der Waals surface area contributed by atoms with E-state index in [2.05, 4.69) is 15.2 Å². The fourth-order valence-corrected chi connectivity index (χ4v) is 3.16. The maximum atomic E-state index is 12.2. The van der Waals surface area contributed by atoms with E-state index in [0.717, 1.165) is 11.3 Å². The zero-order chi connectivity index (χ0) is 18.1. The van der Waals surface area contributed by atoms with Crippen LogP contribution in [-0.4, -0.2) is 31.2 Å². The number of benzene rings is 1. The van der Waals surface area contributed by atoms with Gasteiger partial charge < -0.3 is 9.67 Å². The van der Waals surface area contributed by atoms with Crippen LogP contribution in [0.2, 0.25) is 5.15 Å². The molecule has 1 atom stereocenters. The van der Waals surface area contributed by atoms with Crippen LogP contribution in [0.3, 0.4) is 0 Å². The quantitative estimate of drug-likeness (QED) is 0.537. The van der Waals surface area contributed by atoms with Crippen molar-refractivity contribution < 1.29 is 4.92 Å². The fourth-order valence-electron chi connectivity index (χ4n) is 2.90. The molecule has 3 rings (SSSR count). The molecule has 0 spiro atoms. The summed E-state index contributed by atoms with van der Waals surface area (Å²) in [5.74, 6) is -0.832. The van der Waals surface area contributed by atoms with Crippen molar-refractivity contribution in [2.45, 2.75) is 19.8 Å². The van der Waals surface area contributed by atoms with Gasteiger partial charge in [0.15, 0.2) is 5.15 Å². The van der Waals surface area contributed by atoms with Gasteiger partial charge in [0, 0.05) is 16.3 Å². The number of imidazole rings is 1. The van der Waals surface area contributed by atoms with E-state index in [-0.39, 0.29) is 10.7 Å². The molecule has 0 amide bonds. The van der Waals surface area contributed by atoms with Crippen molar-refractivity contribution in [3.8, 4) is 5.69 Å². The third-order valence-electron chi connectivity index (χ3n) is 4.09. The molecule has 0 saturated carbocycles. The molecule has 0 aliphatic carbocycles. The first-order chi connectivity index (χ1) is 11.9. The first-order valence-corrected chi connectivity index (χ1v) is 7.95. The zero-order valence-corrected chi connectivity index (χ0v) is 14.4. The predicted octanol–water partition coefficient (Wildman–Crippen LogP) is 2.57. The predicted molar refractivity (Wildman–Crippen MR) is 93.2 cm³/mol. The van der Waals surface area contributed by atoms with E-state index in [1.54, 1.807) is 11.5 Å². The molecule has 9 heteroatoms. The van der Waals surface area contributed by atoms with Crippen molar-refractivity contribution in [1.82, 2.24) is 19.7 Å². The minimum absolute atomic E-state index is 0.132. The van der Waals surface area contributed by atoms with E-state index in [0.29, 0.717) is 11.4 Å². The molecule has 0 saturated heterocycles. The summed E-state index contributed by atoms with van der Waals surface area (Å²) in [5, 5.41) is 16.5. The molecule has 1 unspecified atom stereocenters. The molecule has 0 radical (unpaired) electrons. The van der Waals surface area contributed by atoms with Crippen molar-refractivity contribution in [3.63, 3.8) is 0 Å². The van der Waals surface area contributed by atoms with Gasteiger partial charge >= 0.3 is 0 Å². The van der Waals surface area contributed by atoms with Crippen molar-refractivity contribution in [2.75, 3.05) is 6.54 Å². The number of aryl methyl sites for hydroxylation is 2. The van der Waals surface area contributed by atoms with Gasteiger partial charge in [0.2, 0.25) is 6.54 Å². The molecule has 8 nitrogen and oxygen atoms in total. The molecule has 0 aliphatic rings. The molecular formula is C16H16ClN5O3. The van der Waals surface area contributed by atoms with Crippen LogP contribution in [0.4, 0.5) is 0 Å². The fraction of sp³-hybridized carbons (Fsp3) is 0.250. The Morgan fingerprint density at radius 1 is 1.28 bits per heavy atom. The Bertz CT molecular complexity index is 971. The molecule has 1 aromatic carbocycles. The van der Waals surface area contributed by atoms with Gasteiger partial charge in [-0.25, -0.2) is 4.98 Å². The van der Waals surface area contributed by atoms with Gasteiger partial charge in [-0.1, -0.05) is 29.3 Å². The Morgan fingerprint density at radius 3 is 2.52 bits per heavy atom. The highest BCUT2D eigenvalue weighted by molar-refractivity contribution is 6.30. The first kappa shape index (κ1) is 17.0. The van der Waals surface area contributed by atoms with Crippen LogP contribution in [0.1, 0.15) is 28.4 Å². The number of hydrogen-bond donors (Lipinski definition) is 2. The summed E-state index contributed by atoms with van der Waals surface area (Å²) in [4.78, 5) is 27.1. The highest BCUT2D eigenvalue weighted by Gasteiger charge is 2.31. The zero-order valence-electron chi connectivity index (χ0n) is 13.6. The second-order valence-electron chi connectivity index (χ2n) is 5.81. The second kappa shape index (κ2) is 6.56. The number of halogens is 1. The van der Waals surface area contributed by atoms with Gasteiger partial charge in [0.05, 0.1) is 17.2 Å². The topological polar surface area (TPSA) is 110 Å². The summed E-state index contributed by atoms with van der Waals surface area (Å²) >= 11 is 6.25. The van der Waals surface area contributed by atoms with E-state index in [1.165, 1.54) is 6.33 Å². The molecule has 0 aliphatic heterocycles. The molecular weight excluding hydrogens is 346 g/mol.